The summed E-state index contributed by atoms with van der Waals surface area (Å²) >= 11 is 0. The van der Waals surface area contributed by atoms with E-state index >= 15 is 0 Å². The SMILES string of the molecule is C#CC#CC#CC#CC#CC#CC#CC#CC#CC#CC#CC1(C#CC#CC#CC#CC#CC#CC#CC#CC#CC#CC#C)C2=CC3CCC([Si](C)(C)N(C4CCCCC4)C(C)(C)C)C3C=C2c2ccccc21. The predicted molar refractivity (Wildman–Crippen MR) is 303 cm³/mol. The fourth-order valence-corrected chi connectivity index (χ4v) is 15.2. The van der Waals surface area contributed by atoms with Crippen LogP contribution in [0.15, 0.2) is 42.0 Å². The summed E-state index contributed by atoms with van der Waals surface area (Å²) in [4.78, 5) is 0. The average molecular weight is 948 g/mol. The molecule has 338 valence electrons. The van der Waals surface area contributed by atoms with E-state index in [1.54, 1.807) is 0 Å². The fraction of sp³-hybridized carbons (Fsp3) is 0.250. The van der Waals surface area contributed by atoms with Crippen molar-refractivity contribution in [3.8, 4) is 262 Å². The number of hydrogen-bond donors (Lipinski definition) is 0. The quantitative estimate of drug-likeness (QED) is 0.223. The van der Waals surface area contributed by atoms with E-state index in [0.717, 1.165) is 23.1 Å². The molecule has 0 bridgehead atoms. The molecular weight excluding hydrogens is 907 g/mol. The van der Waals surface area contributed by atoms with Crippen molar-refractivity contribution in [1.82, 2.24) is 4.57 Å². The van der Waals surface area contributed by atoms with Crippen molar-refractivity contribution in [3.05, 3.63) is 53.1 Å². The largest absolute Gasteiger partial charge is 0.316 e. The Morgan fingerprint density at radius 1 is 0.459 bits per heavy atom. The van der Waals surface area contributed by atoms with Crippen LogP contribution >= 0.6 is 0 Å². The van der Waals surface area contributed by atoms with E-state index < -0.39 is 13.7 Å². The zero-order valence-corrected chi connectivity index (χ0v) is 42.8. The molecule has 1 aromatic carbocycles. The third-order valence-electron chi connectivity index (χ3n) is 11.9. The summed E-state index contributed by atoms with van der Waals surface area (Å²) in [5, 5.41) is 0. The second-order valence-corrected chi connectivity index (χ2v) is 22.2. The zero-order chi connectivity index (χ0) is 52.6. The van der Waals surface area contributed by atoms with Crippen LogP contribution in [-0.2, 0) is 5.41 Å². The molecule has 4 aliphatic rings. The van der Waals surface area contributed by atoms with Gasteiger partial charge in [-0.05, 0) is 269 Å². The van der Waals surface area contributed by atoms with Crippen LogP contribution in [0, 0.1) is 273 Å². The lowest BCUT2D eigenvalue weighted by Gasteiger charge is -2.55. The summed E-state index contributed by atoms with van der Waals surface area (Å²) in [5.41, 5.74) is 4.15. The van der Waals surface area contributed by atoms with Gasteiger partial charge in [0.05, 0.1) is 0 Å². The van der Waals surface area contributed by atoms with Gasteiger partial charge >= 0.3 is 0 Å². The van der Waals surface area contributed by atoms with Gasteiger partial charge in [0, 0.05) is 58.9 Å². The zero-order valence-electron chi connectivity index (χ0n) is 41.8. The number of terminal acetylenes is 2. The molecule has 0 saturated heterocycles. The second kappa shape index (κ2) is 29.3. The van der Waals surface area contributed by atoms with E-state index in [0.29, 0.717) is 23.4 Å². The second-order valence-electron chi connectivity index (χ2n) is 17.7. The Morgan fingerprint density at radius 2 is 0.824 bits per heavy atom. The third-order valence-corrected chi connectivity index (χ3v) is 16.7. The molecule has 2 saturated carbocycles. The number of fused-ring (bicyclic) bond motifs is 4. The van der Waals surface area contributed by atoms with Crippen LogP contribution < -0.4 is 0 Å². The number of benzene rings is 1. The minimum Gasteiger partial charge on any atom is -0.316 e. The van der Waals surface area contributed by atoms with Gasteiger partial charge in [-0.1, -0.05) is 87.0 Å². The van der Waals surface area contributed by atoms with Gasteiger partial charge in [0.25, 0.3) is 0 Å². The first-order chi connectivity index (χ1) is 36.1. The molecule has 0 heterocycles. The van der Waals surface area contributed by atoms with E-state index in [1.807, 2.05) is 6.07 Å². The van der Waals surface area contributed by atoms with Crippen LogP contribution in [0.4, 0.5) is 0 Å². The molecule has 3 unspecified atom stereocenters. The maximum Gasteiger partial charge on any atom is 0.144 e. The molecule has 0 radical (unpaired) electrons. The number of hydrogen-bond acceptors (Lipinski definition) is 1. The van der Waals surface area contributed by atoms with Crippen molar-refractivity contribution >= 4 is 13.8 Å². The Kier molecular flexibility index (Phi) is 21.4. The third kappa shape index (κ3) is 16.1. The molecule has 1 aromatic rings. The summed E-state index contributed by atoms with van der Waals surface area (Å²) in [7, 11) is -1.96. The minimum atomic E-state index is -1.96. The van der Waals surface area contributed by atoms with Crippen molar-refractivity contribution in [2.45, 2.75) is 101 Å². The highest BCUT2D eigenvalue weighted by Gasteiger charge is 2.54. The molecule has 0 aromatic heterocycles. The Balaban J connectivity index is 1.42. The average Bonchev–Trinajstić information content (AvgIpc) is 3.94. The molecule has 0 N–H and O–H groups in total. The van der Waals surface area contributed by atoms with Crippen LogP contribution in [0.1, 0.15) is 76.8 Å². The van der Waals surface area contributed by atoms with Crippen molar-refractivity contribution in [1.29, 1.82) is 0 Å². The van der Waals surface area contributed by atoms with Crippen molar-refractivity contribution in [2.75, 3.05) is 0 Å². The van der Waals surface area contributed by atoms with Crippen LogP contribution in [0.3, 0.4) is 0 Å². The minimum absolute atomic E-state index is 0.0928. The Bertz CT molecular complexity index is 3820. The highest BCUT2D eigenvalue weighted by molar-refractivity contribution is 6.76. The van der Waals surface area contributed by atoms with Gasteiger partial charge in [0.2, 0.25) is 0 Å². The van der Waals surface area contributed by atoms with Gasteiger partial charge < -0.3 is 4.57 Å². The van der Waals surface area contributed by atoms with Gasteiger partial charge in [-0.25, -0.2) is 0 Å². The first-order valence-corrected chi connectivity index (χ1v) is 26.5. The van der Waals surface area contributed by atoms with Gasteiger partial charge in [-0.2, -0.15) is 0 Å². The van der Waals surface area contributed by atoms with Crippen molar-refractivity contribution in [2.24, 2.45) is 11.8 Å². The maximum absolute atomic E-state index is 5.02. The number of rotatable bonds is 3. The number of nitrogens with zero attached hydrogens (tertiary/aromatic N) is 1. The van der Waals surface area contributed by atoms with Gasteiger partial charge in [-0.3, -0.25) is 0 Å². The normalized spacial score (nSPS) is 15.2. The maximum atomic E-state index is 5.02. The molecule has 0 amide bonds. The van der Waals surface area contributed by atoms with E-state index in [9.17, 15) is 0 Å². The van der Waals surface area contributed by atoms with Crippen LogP contribution in [-0.4, -0.2) is 24.4 Å². The fourth-order valence-electron chi connectivity index (χ4n) is 9.74. The smallest absolute Gasteiger partial charge is 0.144 e. The lowest BCUT2D eigenvalue weighted by molar-refractivity contribution is 0.140. The van der Waals surface area contributed by atoms with E-state index in [1.165, 1.54) is 44.1 Å². The van der Waals surface area contributed by atoms with E-state index in [4.69, 9.17) is 12.8 Å². The van der Waals surface area contributed by atoms with Crippen LogP contribution in [0.5, 0.6) is 0 Å². The number of allylic oxidation sites excluding steroid dienone is 4. The summed E-state index contributed by atoms with van der Waals surface area (Å²) in [5.74, 6) is 112. The first-order valence-electron chi connectivity index (χ1n) is 23.4. The molecule has 2 heteroatoms. The van der Waals surface area contributed by atoms with E-state index in [-0.39, 0.29) is 5.54 Å². The Hall–Kier alpha value is -10.8. The van der Waals surface area contributed by atoms with Crippen LogP contribution in [0.25, 0.3) is 5.57 Å². The Morgan fingerprint density at radius 3 is 1.20 bits per heavy atom. The predicted octanol–water partition coefficient (Wildman–Crippen LogP) is 7.63. The molecule has 74 heavy (non-hydrogen) atoms. The van der Waals surface area contributed by atoms with Crippen molar-refractivity contribution < 1.29 is 0 Å². The highest BCUT2D eigenvalue weighted by atomic mass is 28.3. The molecular formula is C72H41NSi. The Labute approximate surface area is 443 Å². The topological polar surface area (TPSA) is 3.24 Å². The summed E-state index contributed by atoms with van der Waals surface area (Å²) in [6, 6.07) is 9.07. The summed E-state index contributed by atoms with van der Waals surface area (Å²) < 4.78 is 3.02. The molecule has 0 spiro atoms. The molecule has 3 atom stereocenters. The highest BCUT2D eigenvalue weighted by Crippen LogP contribution is 2.59. The monoisotopic (exact) mass is 947 g/mol. The van der Waals surface area contributed by atoms with Gasteiger partial charge in [0.1, 0.15) is 13.7 Å². The molecule has 5 rings (SSSR count). The van der Waals surface area contributed by atoms with E-state index in [2.05, 4.69) is 317 Å². The standard InChI is InChI=1S/C72H41NSi/c1-8-10-12-14-16-18-20-22-24-26-28-30-32-34-36-38-40-42-44-51-59-72(60-52-45-43-41-39-37-35-33-31-29-27-25-23-21-19-17-15-13-11-9-2)68-56-50-49-55-65(68)67-62-66-63(61-69(67)72)57-58-70(66)74(6,7)73(71(3,4)5)64-53-47-46-48-54-64/h1-2,49-50,55-56,61-64,66,70H,46-48,53-54,57-58H2,3-7H3. The summed E-state index contributed by atoms with van der Waals surface area (Å²) in [6.07, 6.45) is 24.0. The van der Waals surface area contributed by atoms with Gasteiger partial charge in [0.15, 0.2) is 0 Å². The van der Waals surface area contributed by atoms with Gasteiger partial charge in [-0.15, -0.1) is 12.8 Å². The first kappa shape index (κ1) is 54.1. The van der Waals surface area contributed by atoms with Crippen molar-refractivity contribution in [3.63, 3.8) is 0 Å². The lowest BCUT2D eigenvalue weighted by Crippen LogP contribution is -2.64. The molecule has 2 fully saturated rings. The molecule has 1 nitrogen and oxygen atoms in total. The van der Waals surface area contributed by atoms with Crippen LogP contribution in [0.2, 0.25) is 18.6 Å². The summed E-state index contributed by atoms with van der Waals surface area (Å²) in [6.45, 7) is 12.6. The molecule has 4 aliphatic carbocycles. The molecule has 0 aliphatic heterocycles. The lowest BCUT2D eigenvalue weighted by atomic mass is 9.74.